The Bertz CT molecular complexity index is 701. The first-order valence-corrected chi connectivity index (χ1v) is 8.71. The predicted octanol–water partition coefficient (Wildman–Crippen LogP) is 3.30. The van der Waals surface area contributed by atoms with E-state index in [-0.39, 0.29) is 24.2 Å². The van der Waals surface area contributed by atoms with E-state index < -0.39 is 0 Å². The number of anilines is 2. The van der Waals surface area contributed by atoms with Crippen molar-refractivity contribution < 1.29 is 9.59 Å². The second kappa shape index (κ2) is 10.1. The number of amides is 2. The smallest absolute Gasteiger partial charge is 0.275 e. The van der Waals surface area contributed by atoms with Crippen molar-refractivity contribution >= 4 is 46.9 Å². The molecular weight excluding hydrogens is 360 g/mol. The van der Waals surface area contributed by atoms with Crippen molar-refractivity contribution in [1.82, 2.24) is 4.98 Å². The number of rotatable bonds is 7. The lowest BCUT2D eigenvalue weighted by Gasteiger charge is -2.08. The third-order valence-corrected chi connectivity index (χ3v) is 4.07. The Balaban J connectivity index is 0.00000312. The van der Waals surface area contributed by atoms with Crippen molar-refractivity contribution in [2.24, 2.45) is 11.7 Å². The van der Waals surface area contributed by atoms with Gasteiger partial charge in [0, 0.05) is 29.6 Å². The number of hydrogen-bond acceptors (Lipinski definition) is 5. The van der Waals surface area contributed by atoms with E-state index in [4.69, 9.17) is 5.73 Å². The first-order chi connectivity index (χ1) is 11.5. The van der Waals surface area contributed by atoms with Crippen LogP contribution >= 0.6 is 23.7 Å². The molecule has 1 aromatic carbocycles. The number of aromatic nitrogens is 1. The molecule has 4 N–H and O–H groups in total. The van der Waals surface area contributed by atoms with Gasteiger partial charge in [-0.3, -0.25) is 9.59 Å². The number of thiazole rings is 1. The Morgan fingerprint density at radius 2 is 1.76 bits per heavy atom. The number of nitrogens with zero attached hydrogens (tertiary/aromatic N) is 1. The fourth-order valence-corrected chi connectivity index (χ4v) is 2.86. The minimum absolute atomic E-state index is 0. The molecule has 6 nitrogen and oxygen atoms in total. The first kappa shape index (κ1) is 21.1. The van der Waals surface area contributed by atoms with Crippen molar-refractivity contribution in [1.29, 1.82) is 0 Å². The van der Waals surface area contributed by atoms with E-state index in [1.165, 1.54) is 11.3 Å². The van der Waals surface area contributed by atoms with Crippen LogP contribution in [-0.4, -0.2) is 23.3 Å². The van der Waals surface area contributed by atoms with Crippen LogP contribution in [0.4, 0.5) is 11.4 Å². The molecule has 136 valence electrons. The average molecular weight is 383 g/mol. The third-order valence-electron chi connectivity index (χ3n) is 3.16. The highest BCUT2D eigenvalue weighted by Crippen LogP contribution is 2.16. The molecule has 2 aromatic rings. The normalized spacial score (nSPS) is 10.2. The summed E-state index contributed by atoms with van der Waals surface area (Å²) in [6.07, 6.45) is 1.15. The number of carbonyl (C=O) groups is 2. The van der Waals surface area contributed by atoms with Gasteiger partial charge >= 0.3 is 0 Å². The molecule has 0 bridgehead atoms. The molecule has 2 amide bonds. The molecule has 0 aliphatic heterocycles. The van der Waals surface area contributed by atoms with Crippen molar-refractivity contribution in [3.05, 3.63) is 40.3 Å². The van der Waals surface area contributed by atoms with Crippen LogP contribution in [0.5, 0.6) is 0 Å². The van der Waals surface area contributed by atoms with Gasteiger partial charge in [0.1, 0.15) is 5.69 Å². The van der Waals surface area contributed by atoms with Gasteiger partial charge in [0.15, 0.2) is 0 Å². The summed E-state index contributed by atoms with van der Waals surface area (Å²) in [4.78, 5) is 28.1. The average Bonchev–Trinajstić information content (AvgIpc) is 2.97. The molecule has 0 spiro atoms. The SMILES string of the molecule is CC(C)CC(=O)Nc1ccc(NC(=O)c2csc(CCN)n2)cc1.Cl. The van der Waals surface area contributed by atoms with E-state index >= 15 is 0 Å². The molecule has 0 atom stereocenters. The number of carbonyl (C=O) groups excluding carboxylic acids is 2. The van der Waals surface area contributed by atoms with Crippen LogP contribution in [-0.2, 0) is 11.2 Å². The first-order valence-electron chi connectivity index (χ1n) is 7.83. The number of hydrogen-bond donors (Lipinski definition) is 3. The highest BCUT2D eigenvalue weighted by molar-refractivity contribution is 7.09. The molecule has 0 unspecified atom stereocenters. The maximum absolute atomic E-state index is 12.1. The van der Waals surface area contributed by atoms with Gasteiger partial charge in [-0.1, -0.05) is 13.8 Å². The fourth-order valence-electron chi connectivity index (χ4n) is 2.07. The lowest BCUT2D eigenvalue weighted by Crippen LogP contribution is -2.14. The van der Waals surface area contributed by atoms with Gasteiger partial charge in [-0.15, -0.1) is 23.7 Å². The van der Waals surface area contributed by atoms with Gasteiger partial charge in [0.05, 0.1) is 5.01 Å². The largest absolute Gasteiger partial charge is 0.330 e. The quantitative estimate of drug-likeness (QED) is 0.684. The molecule has 0 aliphatic carbocycles. The van der Waals surface area contributed by atoms with Gasteiger partial charge in [-0.05, 0) is 36.7 Å². The van der Waals surface area contributed by atoms with Gasteiger partial charge in [-0.25, -0.2) is 4.98 Å². The van der Waals surface area contributed by atoms with E-state index in [9.17, 15) is 9.59 Å². The summed E-state index contributed by atoms with van der Waals surface area (Å²) in [5, 5.41) is 8.19. The van der Waals surface area contributed by atoms with E-state index in [1.807, 2.05) is 13.8 Å². The van der Waals surface area contributed by atoms with Crippen LogP contribution < -0.4 is 16.4 Å². The standard InChI is InChI=1S/C17H22N4O2S.ClH/c1-11(2)9-15(22)19-12-3-5-13(6-4-12)20-17(23)14-10-24-16(21-14)7-8-18;/h3-6,10-11H,7-9,18H2,1-2H3,(H,19,22)(H,20,23);1H. The summed E-state index contributed by atoms with van der Waals surface area (Å²) >= 11 is 1.43. The van der Waals surface area contributed by atoms with Crippen LogP contribution in [0.15, 0.2) is 29.6 Å². The molecule has 0 saturated heterocycles. The summed E-state index contributed by atoms with van der Waals surface area (Å²) in [5.74, 6) is 0.0358. The lowest BCUT2D eigenvalue weighted by molar-refractivity contribution is -0.116. The van der Waals surface area contributed by atoms with E-state index in [1.54, 1.807) is 29.6 Å². The van der Waals surface area contributed by atoms with Crippen LogP contribution in [0.3, 0.4) is 0 Å². The number of benzene rings is 1. The lowest BCUT2D eigenvalue weighted by atomic mass is 10.1. The summed E-state index contributed by atoms with van der Waals surface area (Å²) in [6, 6.07) is 7.01. The minimum Gasteiger partial charge on any atom is -0.330 e. The molecule has 0 fully saturated rings. The maximum Gasteiger partial charge on any atom is 0.275 e. The zero-order valence-corrected chi connectivity index (χ0v) is 15.9. The second-order valence-electron chi connectivity index (χ2n) is 5.84. The Morgan fingerprint density at radius 3 is 2.32 bits per heavy atom. The predicted molar refractivity (Wildman–Crippen MR) is 105 cm³/mol. The molecule has 8 heteroatoms. The van der Waals surface area contributed by atoms with Crippen molar-refractivity contribution in [2.45, 2.75) is 26.7 Å². The highest BCUT2D eigenvalue weighted by atomic mass is 35.5. The van der Waals surface area contributed by atoms with Gasteiger partial charge < -0.3 is 16.4 Å². The van der Waals surface area contributed by atoms with Crippen LogP contribution in [0, 0.1) is 5.92 Å². The Labute approximate surface area is 157 Å². The molecule has 0 saturated carbocycles. The van der Waals surface area contributed by atoms with Crippen molar-refractivity contribution in [3.8, 4) is 0 Å². The summed E-state index contributed by atoms with van der Waals surface area (Å²) in [7, 11) is 0. The van der Waals surface area contributed by atoms with Crippen LogP contribution in [0.25, 0.3) is 0 Å². The Morgan fingerprint density at radius 1 is 1.16 bits per heavy atom. The molecule has 0 aliphatic rings. The highest BCUT2D eigenvalue weighted by Gasteiger charge is 2.11. The maximum atomic E-state index is 12.1. The summed E-state index contributed by atoms with van der Waals surface area (Å²) in [5.41, 5.74) is 7.22. The van der Waals surface area contributed by atoms with Crippen LogP contribution in [0.1, 0.15) is 35.8 Å². The number of nitrogens with two attached hydrogens (primary N) is 1. The zero-order chi connectivity index (χ0) is 17.5. The van der Waals surface area contributed by atoms with Gasteiger partial charge in [0.25, 0.3) is 5.91 Å². The van der Waals surface area contributed by atoms with Crippen LogP contribution in [0.2, 0.25) is 0 Å². The molecule has 0 radical (unpaired) electrons. The van der Waals surface area contributed by atoms with Crippen molar-refractivity contribution in [3.63, 3.8) is 0 Å². The van der Waals surface area contributed by atoms with E-state index in [0.29, 0.717) is 42.4 Å². The number of halogens is 1. The third kappa shape index (κ3) is 6.81. The topological polar surface area (TPSA) is 97.1 Å². The molecule has 1 heterocycles. The van der Waals surface area contributed by atoms with Gasteiger partial charge in [-0.2, -0.15) is 0 Å². The molecule has 2 rings (SSSR count). The van der Waals surface area contributed by atoms with Gasteiger partial charge in [0.2, 0.25) is 5.91 Å². The summed E-state index contributed by atoms with van der Waals surface area (Å²) < 4.78 is 0. The summed E-state index contributed by atoms with van der Waals surface area (Å²) in [6.45, 7) is 4.50. The minimum atomic E-state index is -0.258. The monoisotopic (exact) mass is 382 g/mol. The molecule has 1 aromatic heterocycles. The van der Waals surface area contributed by atoms with E-state index in [2.05, 4.69) is 15.6 Å². The molecular formula is C17H23ClN4O2S. The van der Waals surface area contributed by atoms with E-state index in [0.717, 1.165) is 5.01 Å². The zero-order valence-electron chi connectivity index (χ0n) is 14.2. The Kier molecular flexibility index (Phi) is 8.54. The second-order valence-corrected chi connectivity index (χ2v) is 6.79. The molecule has 25 heavy (non-hydrogen) atoms. The Hall–Kier alpha value is -1.96. The van der Waals surface area contributed by atoms with Crippen molar-refractivity contribution in [2.75, 3.05) is 17.2 Å². The number of nitrogens with one attached hydrogen (secondary N) is 2. The fraction of sp³-hybridized carbons (Fsp3) is 0.353.